The molecule has 0 aliphatic carbocycles. The second kappa shape index (κ2) is 7.54. The zero-order chi connectivity index (χ0) is 14.4. The van der Waals surface area contributed by atoms with E-state index in [1.807, 2.05) is 13.8 Å². The molecule has 0 amide bonds. The fraction of sp³-hybridized carbons (Fsp3) is 1.00. The molecule has 0 aromatic rings. The van der Waals surface area contributed by atoms with E-state index in [9.17, 15) is 8.42 Å². The van der Waals surface area contributed by atoms with Crippen LogP contribution in [-0.4, -0.2) is 58.2 Å². The van der Waals surface area contributed by atoms with Crippen molar-refractivity contribution in [1.82, 2.24) is 14.3 Å². The minimum Gasteiger partial charge on any atom is -0.374 e. The van der Waals surface area contributed by atoms with Crippen LogP contribution >= 0.6 is 0 Å². The fourth-order valence-electron chi connectivity index (χ4n) is 2.05. The molecule has 1 fully saturated rings. The third kappa shape index (κ3) is 5.74. The number of ether oxygens (including phenoxy) is 1. The molecule has 1 aliphatic rings. The minimum absolute atomic E-state index is 0.340. The summed E-state index contributed by atoms with van der Waals surface area (Å²) in [5.41, 5.74) is -0.350. The molecule has 1 heterocycles. The van der Waals surface area contributed by atoms with Gasteiger partial charge in [-0.05, 0) is 39.3 Å². The number of hydrogen-bond donors (Lipinski definition) is 2. The van der Waals surface area contributed by atoms with Gasteiger partial charge < -0.3 is 10.1 Å². The summed E-state index contributed by atoms with van der Waals surface area (Å²) >= 11 is 0. The third-order valence-electron chi connectivity index (χ3n) is 3.42. The number of nitrogens with one attached hydrogen (secondary N) is 2. The molecule has 0 aromatic carbocycles. The van der Waals surface area contributed by atoms with E-state index in [4.69, 9.17) is 4.74 Å². The van der Waals surface area contributed by atoms with Crippen LogP contribution in [0.2, 0.25) is 0 Å². The van der Waals surface area contributed by atoms with Crippen LogP contribution in [0, 0.1) is 0 Å². The fourth-order valence-corrected chi connectivity index (χ4v) is 3.13. The van der Waals surface area contributed by atoms with Crippen LogP contribution < -0.4 is 10.0 Å². The number of nitrogens with zero attached hydrogens (tertiary/aromatic N) is 1. The Morgan fingerprint density at radius 1 is 1.42 bits per heavy atom. The maximum Gasteiger partial charge on any atom is 0.279 e. The van der Waals surface area contributed by atoms with E-state index >= 15 is 0 Å². The maximum absolute atomic E-state index is 12.0. The summed E-state index contributed by atoms with van der Waals surface area (Å²) in [6, 6.07) is 0. The molecule has 7 heteroatoms. The van der Waals surface area contributed by atoms with E-state index in [0.29, 0.717) is 13.1 Å². The first kappa shape index (κ1) is 16.8. The molecule has 1 rings (SSSR count). The van der Waals surface area contributed by atoms with Crippen molar-refractivity contribution in [3.8, 4) is 0 Å². The Bertz CT molecular complexity index is 353. The normalized spacial score (nSPS) is 24.2. The van der Waals surface area contributed by atoms with Gasteiger partial charge in [-0.25, -0.2) is 0 Å². The summed E-state index contributed by atoms with van der Waals surface area (Å²) in [4.78, 5) is 0. The molecule has 2 N–H and O–H groups in total. The van der Waals surface area contributed by atoms with E-state index in [1.54, 1.807) is 7.05 Å². The Hall–Kier alpha value is -0.210. The topological polar surface area (TPSA) is 70.7 Å². The highest BCUT2D eigenvalue weighted by molar-refractivity contribution is 7.87. The molecule has 0 saturated carbocycles. The average molecular weight is 293 g/mol. The van der Waals surface area contributed by atoms with Gasteiger partial charge in [0.2, 0.25) is 0 Å². The highest BCUT2D eigenvalue weighted by atomic mass is 32.2. The van der Waals surface area contributed by atoms with Crippen molar-refractivity contribution in [2.45, 2.75) is 38.7 Å². The van der Waals surface area contributed by atoms with Gasteiger partial charge in [0.15, 0.2) is 0 Å². The molecule has 0 bridgehead atoms. The van der Waals surface area contributed by atoms with Crippen LogP contribution in [-0.2, 0) is 14.9 Å². The quantitative estimate of drug-likeness (QED) is 0.601. The van der Waals surface area contributed by atoms with Crippen molar-refractivity contribution >= 4 is 10.2 Å². The molecular formula is C12H27N3O3S. The predicted octanol–water partition coefficient (Wildman–Crippen LogP) is 0.321. The summed E-state index contributed by atoms with van der Waals surface area (Å²) in [5, 5.41) is 3.18. The van der Waals surface area contributed by atoms with Crippen LogP contribution in [0.25, 0.3) is 0 Å². The molecule has 6 nitrogen and oxygen atoms in total. The molecule has 1 aliphatic heterocycles. The maximum atomic E-state index is 12.0. The van der Waals surface area contributed by atoms with Crippen LogP contribution in [0.15, 0.2) is 0 Å². The van der Waals surface area contributed by atoms with Gasteiger partial charge in [0, 0.05) is 26.7 Å². The standard InChI is InChI=1S/C12H27N3O3S/c1-4-13-8-6-9-15(3)19(16,17)14-11-12(2)7-5-10-18-12/h13-14H,4-11H2,1-3H3. The minimum atomic E-state index is -3.40. The highest BCUT2D eigenvalue weighted by Crippen LogP contribution is 2.24. The molecule has 0 spiro atoms. The lowest BCUT2D eigenvalue weighted by molar-refractivity contribution is 0.0248. The van der Waals surface area contributed by atoms with Crippen molar-refractivity contribution in [1.29, 1.82) is 0 Å². The van der Waals surface area contributed by atoms with Gasteiger partial charge in [-0.1, -0.05) is 6.92 Å². The first-order valence-electron chi connectivity index (χ1n) is 6.95. The van der Waals surface area contributed by atoms with E-state index in [2.05, 4.69) is 10.0 Å². The second-order valence-electron chi connectivity index (χ2n) is 5.26. The van der Waals surface area contributed by atoms with Gasteiger partial charge in [-0.2, -0.15) is 17.4 Å². The number of rotatable bonds is 9. The lowest BCUT2D eigenvalue weighted by Crippen LogP contribution is -2.46. The molecule has 0 aromatic heterocycles. The molecule has 114 valence electrons. The van der Waals surface area contributed by atoms with E-state index in [-0.39, 0.29) is 5.60 Å². The Morgan fingerprint density at radius 2 is 2.16 bits per heavy atom. The van der Waals surface area contributed by atoms with Gasteiger partial charge >= 0.3 is 0 Å². The van der Waals surface area contributed by atoms with Gasteiger partial charge in [-0.15, -0.1) is 0 Å². The summed E-state index contributed by atoms with van der Waals surface area (Å²) in [5.74, 6) is 0. The van der Waals surface area contributed by atoms with Crippen molar-refractivity contribution in [3.63, 3.8) is 0 Å². The summed E-state index contributed by atoms with van der Waals surface area (Å²) < 4.78 is 33.6. The van der Waals surface area contributed by atoms with E-state index in [0.717, 1.165) is 39.0 Å². The smallest absolute Gasteiger partial charge is 0.279 e. The van der Waals surface area contributed by atoms with Crippen LogP contribution in [0.4, 0.5) is 0 Å². The van der Waals surface area contributed by atoms with E-state index in [1.165, 1.54) is 4.31 Å². The van der Waals surface area contributed by atoms with Gasteiger partial charge in [0.1, 0.15) is 0 Å². The van der Waals surface area contributed by atoms with Crippen molar-refractivity contribution in [2.75, 3.05) is 39.8 Å². The van der Waals surface area contributed by atoms with Crippen molar-refractivity contribution in [3.05, 3.63) is 0 Å². The summed E-state index contributed by atoms with van der Waals surface area (Å²) in [6.45, 7) is 7.29. The Balaban J connectivity index is 2.33. The van der Waals surface area contributed by atoms with Crippen LogP contribution in [0.5, 0.6) is 0 Å². The van der Waals surface area contributed by atoms with Gasteiger partial charge in [0.05, 0.1) is 5.60 Å². The second-order valence-corrected chi connectivity index (χ2v) is 7.12. The Kier molecular flexibility index (Phi) is 6.68. The van der Waals surface area contributed by atoms with E-state index < -0.39 is 10.2 Å². The molecule has 1 unspecified atom stereocenters. The monoisotopic (exact) mass is 293 g/mol. The lowest BCUT2D eigenvalue weighted by atomic mass is 10.0. The predicted molar refractivity (Wildman–Crippen MR) is 76.3 cm³/mol. The third-order valence-corrected chi connectivity index (χ3v) is 4.93. The molecule has 19 heavy (non-hydrogen) atoms. The lowest BCUT2D eigenvalue weighted by Gasteiger charge is -2.25. The van der Waals surface area contributed by atoms with Crippen molar-refractivity contribution in [2.24, 2.45) is 0 Å². The average Bonchev–Trinajstić information content (AvgIpc) is 2.80. The largest absolute Gasteiger partial charge is 0.374 e. The van der Waals surface area contributed by atoms with Gasteiger partial charge in [0.25, 0.3) is 10.2 Å². The molecule has 0 radical (unpaired) electrons. The molecule has 1 saturated heterocycles. The Morgan fingerprint density at radius 3 is 2.74 bits per heavy atom. The van der Waals surface area contributed by atoms with Crippen LogP contribution in [0.3, 0.4) is 0 Å². The first-order chi connectivity index (χ1) is 8.90. The van der Waals surface area contributed by atoms with Crippen molar-refractivity contribution < 1.29 is 13.2 Å². The zero-order valence-corrected chi connectivity index (χ0v) is 13.1. The van der Waals surface area contributed by atoms with Gasteiger partial charge in [-0.3, -0.25) is 0 Å². The zero-order valence-electron chi connectivity index (χ0n) is 12.2. The Labute approximate surface area is 117 Å². The highest BCUT2D eigenvalue weighted by Gasteiger charge is 2.31. The molecule has 1 atom stereocenters. The SMILES string of the molecule is CCNCCCN(C)S(=O)(=O)NCC1(C)CCCO1. The number of hydrogen-bond acceptors (Lipinski definition) is 4. The van der Waals surface area contributed by atoms with Crippen LogP contribution in [0.1, 0.15) is 33.1 Å². The summed E-state index contributed by atoms with van der Waals surface area (Å²) in [7, 11) is -1.79. The molecular weight excluding hydrogens is 266 g/mol. The first-order valence-corrected chi connectivity index (χ1v) is 8.39. The summed E-state index contributed by atoms with van der Waals surface area (Å²) in [6.07, 6.45) is 2.70.